The van der Waals surface area contributed by atoms with E-state index in [1.165, 1.54) is 0 Å². The monoisotopic (exact) mass is 569 g/mol. The van der Waals surface area contributed by atoms with Gasteiger partial charge in [-0.05, 0) is 47.9 Å². The van der Waals surface area contributed by atoms with E-state index < -0.39 is 0 Å². The summed E-state index contributed by atoms with van der Waals surface area (Å²) in [4.78, 5) is 38.3. The molecule has 0 fully saturated rings. The van der Waals surface area contributed by atoms with Gasteiger partial charge in [0.15, 0.2) is 0 Å². The molecule has 5 aromatic rings. The van der Waals surface area contributed by atoms with E-state index in [1.54, 1.807) is 15.8 Å². The van der Waals surface area contributed by atoms with Crippen molar-refractivity contribution in [1.29, 1.82) is 0 Å². The highest BCUT2D eigenvalue weighted by atomic mass is 35.5. The average molecular weight is 570 g/mol. The van der Waals surface area contributed by atoms with E-state index in [4.69, 9.17) is 26.6 Å². The first kappa shape index (κ1) is 27.8. The largest absolute Gasteiger partial charge is 0.483 e. The molecule has 9 nitrogen and oxygen atoms in total. The molecule has 2 N–H and O–H groups in total. The summed E-state index contributed by atoms with van der Waals surface area (Å²) in [5, 5.41) is 20.1. The second-order valence-corrected chi connectivity index (χ2v) is 10.2. The number of amides is 1. The zero-order chi connectivity index (χ0) is 29.1. The Hall–Kier alpha value is -4.76. The number of nitrogens with zero attached hydrogens (tertiary/aromatic N) is 4. The van der Waals surface area contributed by atoms with Crippen molar-refractivity contribution in [2.45, 2.75) is 32.2 Å². The van der Waals surface area contributed by atoms with Gasteiger partial charge in [-0.25, -0.2) is 5.01 Å². The van der Waals surface area contributed by atoms with Crippen LogP contribution in [0.1, 0.15) is 43.4 Å². The molecule has 1 amide bonds. The molecule has 6 rings (SSSR count). The first-order chi connectivity index (χ1) is 19.8. The molecule has 0 saturated heterocycles. The Morgan fingerprint density at radius 3 is 2.61 bits per heavy atom. The Bertz CT molecular complexity index is 1840. The standard InChI is InChI=1S/C30H26ClN5O2.CH2O2/c1-3-7-27(37)36-26(19-10-12-23-20(14-19)17-35(2)33-23)16-25(34-36)29-28(18-8-5-4-6-9-18)22-15-21(31)11-13-24(22)32-30(29)38;2-1-3/h4-6,8-15,17,26H,3,7,16H2,1-2H3,(H,32,38);1H,(H,2,3). The molecular weight excluding hydrogens is 542 g/mol. The molecule has 1 unspecified atom stereocenters. The molecule has 0 aliphatic carbocycles. The Morgan fingerprint density at radius 2 is 1.88 bits per heavy atom. The molecule has 3 heterocycles. The third kappa shape index (κ3) is 5.49. The first-order valence-electron chi connectivity index (χ1n) is 13.2. The normalized spacial score (nSPS) is 14.6. The summed E-state index contributed by atoms with van der Waals surface area (Å²) >= 11 is 6.40. The fourth-order valence-corrected chi connectivity index (χ4v) is 5.47. The van der Waals surface area contributed by atoms with Crippen LogP contribution >= 0.6 is 11.6 Å². The number of halogens is 1. The molecule has 41 heavy (non-hydrogen) atoms. The number of aryl methyl sites for hydroxylation is 1. The van der Waals surface area contributed by atoms with E-state index >= 15 is 0 Å². The number of hydrogen-bond donors (Lipinski definition) is 2. The maximum absolute atomic E-state index is 13.6. The lowest BCUT2D eigenvalue weighted by Crippen LogP contribution is -2.26. The lowest BCUT2D eigenvalue weighted by molar-refractivity contribution is -0.133. The van der Waals surface area contributed by atoms with Crippen LogP contribution in [0, 0.1) is 0 Å². The molecule has 2 aromatic heterocycles. The van der Waals surface area contributed by atoms with Crippen molar-refractivity contribution < 1.29 is 14.7 Å². The topological polar surface area (TPSA) is 121 Å². The number of hydrogen-bond acceptors (Lipinski definition) is 5. The van der Waals surface area contributed by atoms with Crippen LogP contribution < -0.4 is 5.56 Å². The van der Waals surface area contributed by atoms with Crippen LogP contribution in [0.15, 0.2) is 82.8 Å². The summed E-state index contributed by atoms with van der Waals surface area (Å²) in [6.45, 7) is 1.72. The second-order valence-electron chi connectivity index (χ2n) is 9.74. The molecular formula is C31H28ClN5O4. The Labute approximate surface area is 240 Å². The molecule has 208 valence electrons. The average Bonchev–Trinajstić information content (AvgIpc) is 3.56. The summed E-state index contributed by atoms with van der Waals surface area (Å²) in [6.07, 6.45) is 3.45. The van der Waals surface area contributed by atoms with Gasteiger partial charge < -0.3 is 10.1 Å². The van der Waals surface area contributed by atoms with Gasteiger partial charge in [-0.1, -0.05) is 54.9 Å². The quantitative estimate of drug-likeness (QED) is 0.255. The number of carboxylic acid groups (broad SMARTS) is 1. The highest BCUT2D eigenvalue weighted by molar-refractivity contribution is 6.31. The van der Waals surface area contributed by atoms with Crippen molar-refractivity contribution in [1.82, 2.24) is 19.8 Å². The number of aromatic nitrogens is 3. The number of carbonyl (C=O) groups excluding carboxylic acids is 1. The van der Waals surface area contributed by atoms with E-state index in [0.29, 0.717) is 41.1 Å². The van der Waals surface area contributed by atoms with Crippen molar-refractivity contribution in [3.63, 3.8) is 0 Å². The fraction of sp³-hybridized carbons (Fsp3) is 0.194. The Kier molecular flexibility index (Phi) is 7.98. The summed E-state index contributed by atoms with van der Waals surface area (Å²) in [7, 11) is 1.89. The zero-order valence-corrected chi connectivity index (χ0v) is 23.3. The summed E-state index contributed by atoms with van der Waals surface area (Å²) < 4.78 is 1.77. The number of aromatic amines is 1. The van der Waals surface area contributed by atoms with Crippen LogP contribution in [0.4, 0.5) is 0 Å². The highest BCUT2D eigenvalue weighted by Crippen LogP contribution is 2.38. The molecule has 1 aliphatic rings. The first-order valence-corrected chi connectivity index (χ1v) is 13.5. The molecule has 1 atom stereocenters. The molecule has 0 saturated carbocycles. The number of fused-ring (bicyclic) bond motifs is 2. The van der Waals surface area contributed by atoms with Gasteiger partial charge >= 0.3 is 0 Å². The Balaban J connectivity index is 0.00000108. The van der Waals surface area contributed by atoms with Crippen LogP contribution in [-0.2, 0) is 16.6 Å². The molecule has 3 aromatic carbocycles. The van der Waals surface area contributed by atoms with Gasteiger partial charge in [0, 0.05) is 53.0 Å². The smallest absolute Gasteiger partial charge is 0.290 e. The minimum absolute atomic E-state index is 0.0692. The SMILES string of the molecule is CCCC(=O)N1N=C(c2c(-c3ccccc3)c3cc(Cl)ccc3[nH]c2=O)CC1c1ccc2nn(C)cc2c1.O=CO. The van der Waals surface area contributed by atoms with Gasteiger partial charge in [0.2, 0.25) is 5.91 Å². The summed E-state index contributed by atoms with van der Waals surface area (Å²) in [5.74, 6) is -0.0692. The van der Waals surface area contributed by atoms with Gasteiger partial charge in [-0.3, -0.25) is 19.1 Å². The predicted octanol–water partition coefficient (Wildman–Crippen LogP) is 5.91. The zero-order valence-electron chi connectivity index (χ0n) is 22.5. The van der Waals surface area contributed by atoms with Gasteiger partial charge in [-0.2, -0.15) is 10.2 Å². The number of hydrazone groups is 1. The van der Waals surface area contributed by atoms with Crippen LogP contribution in [0.2, 0.25) is 5.02 Å². The minimum atomic E-state index is -0.327. The summed E-state index contributed by atoms with van der Waals surface area (Å²) in [6, 6.07) is 20.9. The highest BCUT2D eigenvalue weighted by Gasteiger charge is 2.35. The predicted molar refractivity (Wildman–Crippen MR) is 160 cm³/mol. The maximum atomic E-state index is 13.6. The van der Waals surface area contributed by atoms with Gasteiger partial charge in [0.05, 0.1) is 22.8 Å². The molecule has 10 heteroatoms. The van der Waals surface area contributed by atoms with E-state index in [-0.39, 0.29) is 24.0 Å². The van der Waals surface area contributed by atoms with Crippen molar-refractivity contribution >= 4 is 51.5 Å². The van der Waals surface area contributed by atoms with E-state index in [9.17, 15) is 9.59 Å². The van der Waals surface area contributed by atoms with Gasteiger partial charge in [0.25, 0.3) is 12.0 Å². The lowest BCUT2D eigenvalue weighted by Gasteiger charge is -2.22. The number of nitrogens with one attached hydrogen (secondary N) is 1. The van der Waals surface area contributed by atoms with E-state index in [2.05, 4.69) is 16.1 Å². The molecule has 0 radical (unpaired) electrons. The molecule has 1 aliphatic heterocycles. The minimum Gasteiger partial charge on any atom is -0.483 e. The van der Waals surface area contributed by atoms with Crippen molar-refractivity contribution in [2.24, 2.45) is 12.1 Å². The van der Waals surface area contributed by atoms with Crippen LogP contribution in [0.3, 0.4) is 0 Å². The number of pyridine rings is 1. The van der Waals surface area contributed by atoms with E-state index in [1.807, 2.05) is 74.8 Å². The van der Waals surface area contributed by atoms with Crippen LogP contribution in [0.5, 0.6) is 0 Å². The summed E-state index contributed by atoms with van der Waals surface area (Å²) in [5.41, 5.74) is 4.97. The number of carbonyl (C=O) groups is 2. The van der Waals surface area contributed by atoms with Crippen molar-refractivity contribution in [3.05, 3.63) is 99.4 Å². The van der Waals surface area contributed by atoms with E-state index in [0.717, 1.165) is 33.0 Å². The van der Waals surface area contributed by atoms with Gasteiger partial charge in [-0.15, -0.1) is 0 Å². The van der Waals surface area contributed by atoms with Gasteiger partial charge in [0.1, 0.15) is 0 Å². The molecule has 0 spiro atoms. The number of benzene rings is 3. The van der Waals surface area contributed by atoms with Crippen molar-refractivity contribution in [3.8, 4) is 11.1 Å². The van der Waals surface area contributed by atoms with Crippen molar-refractivity contribution in [2.75, 3.05) is 0 Å². The second kappa shape index (κ2) is 11.8. The maximum Gasteiger partial charge on any atom is 0.290 e. The third-order valence-electron chi connectivity index (χ3n) is 6.98. The Morgan fingerprint density at radius 1 is 1.12 bits per heavy atom. The van der Waals surface area contributed by atoms with Crippen LogP contribution in [-0.4, -0.2) is 43.0 Å². The molecule has 0 bridgehead atoms. The number of H-pyrrole nitrogens is 1. The van der Waals surface area contributed by atoms with Crippen LogP contribution in [0.25, 0.3) is 32.9 Å². The third-order valence-corrected chi connectivity index (χ3v) is 7.22. The lowest BCUT2D eigenvalue weighted by atomic mass is 9.91. The fourth-order valence-electron chi connectivity index (χ4n) is 5.30. The number of rotatable bonds is 5.